The molecule has 0 heterocycles. The standard InChI is InChI=1S/C15H12FNO4/c1-2-15(18)10-3-5-11(6-4-10)21-12-7-8-14(17(19)20)13(16)9-12/h3-9H,2H2,1H3. The predicted octanol–water partition coefficient (Wildman–Crippen LogP) is 4.12. The molecule has 0 fully saturated rings. The van der Waals surface area contributed by atoms with Gasteiger partial charge in [-0.2, -0.15) is 4.39 Å². The molecule has 0 aliphatic rings. The summed E-state index contributed by atoms with van der Waals surface area (Å²) >= 11 is 0. The maximum Gasteiger partial charge on any atom is 0.305 e. The van der Waals surface area contributed by atoms with E-state index in [1.165, 1.54) is 6.07 Å². The molecule has 0 bridgehead atoms. The fourth-order valence-electron chi connectivity index (χ4n) is 1.75. The fraction of sp³-hybridized carbons (Fsp3) is 0.133. The summed E-state index contributed by atoms with van der Waals surface area (Å²) in [5, 5.41) is 10.5. The van der Waals surface area contributed by atoms with E-state index in [1.54, 1.807) is 31.2 Å². The van der Waals surface area contributed by atoms with Gasteiger partial charge in [0.2, 0.25) is 5.82 Å². The number of nitro benzene ring substituents is 1. The van der Waals surface area contributed by atoms with Gasteiger partial charge in [-0.1, -0.05) is 6.92 Å². The van der Waals surface area contributed by atoms with Crippen molar-refractivity contribution >= 4 is 11.5 Å². The molecule has 0 saturated heterocycles. The minimum Gasteiger partial charge on any atom is -0.457 e. The first-order valence-electron chi connectivity index (χ1n) is 6.26. The predicted molar refractivity (Wildman–Crippen MR) is 74.2 cm³/mol. The molecule has 21 heavy (non-hydrogen) atoms. The molecule has 0 atom stereocenters. The molecule has 0 spiro atoms. The number of benzene rings is 2. The summed E-state index contributed by atoms with van der Waals surface area (Å²) in [5.41, 5.74) is -0.0361. The van der Waals surface area contributed by atoms with Crippen molar-refractivity contribution < 1.29 is 18.8 Å². The van der Waals surface area contributed by atoms with Crippen molar-refractivity contribution in [3.63, 3.8) is 0 Å². The third kappa shape index (κ3) is 3.42. The Morgan fingerprint density at radius 1 is 1.19 bits per heavy atom. The van der Waals surface area contributed by atoms with Gasteiger partial charge in [-0.3, -0.25) is 14.9 Å². The van der Waals surface area contributed by atoms with Crippen LogP contribution in [0.4, 0.5) is 10.1 Å². The molecule has 0 saturated carbocycles. The number of hydrogen-bond acceptors (Lipinski definition) is 4. The number of nitrogens with zero attached hydrogens (tertiary/aromatic N) is 1. The zero-order chi connectivity index (χ0) is 15.4. The van der Waals surface area contributed by atoms with E-state index in [4.69, 9.17) is 4.74 Å². The lowest BCUT2D eigenvalue weighted by molar-refractivity contribution is -0.387. The van der Waals surface area contributed by atoms with E-state index in [-0.39, 0.29) is 11.5 Å². The summed E-state index contributed by atoms with van der Waals surface area (Å²) < 4.78 is 18.8. The Morgan fingerprint density at radius 2 is 1.81 bits per heavy atom. The average Bonchev–Trinajstić information content (AvgIpc) is 2.47. The second-order valence-electron chi connectivity index (χ2n) is 4.27. The lowest BCUT2D eigenvalue weighted by Gasteiger charge is -2.06. The van der Waals surface area contributed by atoms with Crippen molar-refractivity contribution in [2.75, 3.05) is 0 Å². The molecule has 0 amide bonds. The Labute approximate surface area is 120 Å². The molecular weight excluding hydrogens is 277 g/mol. The summed E-state index contributed by atoms with van der Waals surface area (Å²) in [6.07, 6.45) is 0.410. The molecule has 6 heteroatoms. The Bertz CT molecular complexity index is 683. The van der Waals surface area contributed by atoms with Crippen LogP contribution in [-0.4, -0.2) is 10.7 Å². The van der Waals surface area contributed by atoms with E-state index in [0.717, 1.165) is 12.1 Å². The Kier molecular flexibility index (Phi) is 4.27. The van der Waals surface area contributed by atoms with Crippen molar-refractivity contribution in [3.05, 3.63) is 64.0 Å². The quantitative estimate of drug-likeness (QED) is 0.471. The summed E-state index contributed by atoms with van der Waals surface area (Å²) in [4.78, 5) is 21.2. The van der Waals surface area contributed by atoms with Gasteiger partial charge in [-0.25, -0.2) is 0 Å². The number of rotatable bonds is 5. The molecule has 2 aromatic rings. The minimum absolute atomic E-state index is 0.0166. The first kappa shape index (κ1) is 14.6. The van der Waals surface area contributed by atoms with Crippen LogP contribution in [0.2, 0.25) is 0 Å². The van der Waals surface area contributed by atoms with Gasteiger partial charge in [-0.05, 0) is 30.3 Å². The molecular formula is C15H12FNO4. The van der Waals surface area contributed by atoms with Crippen molar-refractivity contribution in [1.82, 2.24) is 0 Å². The first-order chi connectivity index (χ1) is 10.0. The van der Waals surface area contributed by atoms with Crippen molar-refractivity contribution in [2.24, 2.45) is 0 Å². The van der Waals surface area contributed by atoms with Crippen LogP contribution in [0.15, 0.2) is 42.5 Å². The van der Waals surface area contributed by atoms with Gasteiger partial charge < -0.3 is 4.74 Å². The van der Waals surface area contributed by atoms with Crippen LogP contribution in [0.5, 0.6) is 11.5 Å². The number of ketones is 1. The molecule has 0 aromatic heterocycles. The Hall–Kier alpha value is -2.76. The summed E-state index contributed by atoms with van der Waals surface area (Å²) in [5.74, 6) is -0.387. The second-order valence-corrected chi connectivity index (χ2v) is 4.27. The zero-order valence-electron chi connectivity index (χ0n) is 11.2. The van der Waals surface area contributed by atoms with Gasteiger partial charge in [0.1, 0.15) is 11.5 Å². The number of nitro groups is 1. The van der Waals surface area contributed by atoms with E-state index >= 15 is 0 Å². The van der Waals surface area contributed by atoms with Gasteiger partial charge >= 0.3 is 5.69 Å². The van der Waals surface area contributed by atoms with Crippen LogP contribution in [0.1, 0.15) is 23.7 Å². The van der Waals surface area contributed by atoms with Crippen LogP contribution in [0, 0.1) is 15.9 Å². The number of ether oxygens (including phenoxy) is 1. The normalized spacial score (nSPS) is 10.2. The van der Waals surface area contributed by atoms with Crippen LogP contribution >= 0.6 is 0 Å². The highest BCUT2D eigenvalue weighted by molar-refractivity contribution is 5.95. The van der Waals surface area contributed by atoms with E-state index in [0.29, 0.717) is 17.7 Å². The highest BCUT2D eigenvalue weighted by atomic mass is 19.1. The molecule has 5 nitrogen and oxygen atoms in total. The third-order valence-corrected chi connectivity index (χ3v) is 2.85. The van der Waals surface area contributed by atoms with E-state index in [9.17, 15) is 19.3 Å². The van der Waals surface area contributed by atoms with Crippen molar-refractivity contribution in [2.45, 2.75) is 13.3 Å². The third-order valence-electron chi connectivity index (χ3n) is 2.85. The molecule has 0 N–H and O–H groups in total. The van der Waals surface area contributed by atoms with E-state index in [1.807, 2.05) is 0 Å². The highest BCUT2D eigenvalue weighted by Crippen LogP contribution is 2.26. The fourth-order valence-corrected chi connectivity index (χ4v) is 1.75. The van der Waals surface area contributed by atoms with Crippen LogP contribution in [0.3, 0.4) is 0 Å². The molecule has 0 radical (unpaired) electrons. The molecule has 0 aliphatic carbocycles. The maximum absolute atomic E-state index is 13.5. The lowest BCUT2D eigenvalue weighted by Crippen LogP contribution is -1.96. The van der Waals surface area contributed by atoms with Gasteiger partial charge in [-0.15, -0.1) is 0 Å². The van der Waals surface area contributed by atoms with Crippen LogP contribution in [-0.2, 0) is 0 Å². The Morgan fingerprint density at radius 3 is 2.33 bits per heavy atom. The summed E-state index contributed by atoms with van der Waals surface area (Å²) in [6.45, 7) is 1.77. The largest absolute Gasteiger partial charge is 0.457 e. The van der Waals surface area contributed by atoms with Crippen molar-refractivity contribution in [1.29, 1.82) is 0 Å². The van der Waals surface area contributed by atoms with Gasteiger partial charge in [0.15, 0.2) is 5.78 Å². The van der Waals surface area contributed by atoms with Gasteiger partial charge in [0.05, 0.1) is 4.92 Å². The van der Waals surface area contributed by atoms with Gasteiger partial charge in [0, 0.05) is 24.1 Å². The molecule has 2 rings (SSSR count). The molecule has 0 unspecified atom stereocenters. The topological polar surface area (TPSA) is 69.4 Å². The van der Waals surface area contributed by atoms with Crippen molar-refractivity contribution in [3.8, 4) is 11.5 Å². The molecule has 0 aliphatic heterocycles. The SMILES string of the molecule is CCC(=O)c1ccc(Oc2ccc([N+](=O)[O-])c(F)c2)cc1. The summed E-state index contributed by atoms with van der Waals surface area (Å²) in [7, 11) is 0. The first-order valence-corrected chi connectivity index (χ1v) is 6.26. The zero-order valence-corrected chi connectivity index (χ0v) is 11.2. The Balaban J connectivity index is 2.17. The monoisotopic (exact) mass is 289 g/mol. The van der Waals surface area contributed by atoms with E-state index in [2.05, 4.69) is 0 Å². The minimum atomic E-state index is -0.963. The number of carbonyl (C=O) groups excluding carboxylic acids is 1. The van der Waals surface area contributed by atoms with Gasteiger partial charge in [0.25, 0.3) is 0 Å². The maximum atomic E-state index is 13.5. The van der Waals surface area contributed by atoms with E-state index < -0.39 is 16.4 Å². The van der Waals surface area contributed by atoms with Crippen LogP contribution in [0.25, 0.3) is 0 Å². The number of Topliss-reactive ketones (excluding diaryl/α,β-unsaturated/α-hetero) is 1. The summed E-state index contributed by atoms with van der Waals surface area (Å²) in [6, 6.07) is 9.70. The molecule has 108 valence electrons. The number of hydrogen-bond donors (Lipinski definition) is 0. The number of carbonyl (C=O) groups is 1. The molecule has 2 aromatic carbocycles. The second kappa shape index (κ2) is 6.13. The number of halogens is 1. The van der Waals surface area contributed by atoms with Crippen LogP contribution < -0.4 is 4.74 Å². The highest BCUT2D eigenvalue weighted by Gasteiger charge is 2.14. The lowest BCUT2D eigenvalue weighted by atomic mass is 10.1. The average molecular weight is 289 g/mol. The smallest absolute Gasteiger partial charge is 0.305 e.